The Hall–Kier alpha value is -2.16. The summed E-state index contributed by atoms with van der Waals surface area (Å²) in [7, 11) is 1.55. The number of pyridine rings is 1. The fourth-order valence-corrected chi connectivity index (χ4v) is 1.19. The van der Waals surface area contributed by atoms with Crippen LogP contribution in [0, 0.1) is 17.1 Å². The van der Waals surface area contributed by atoms with E-state index >= 15 is 0 Å². The van der Waals surface area contributed by atoms with E-state index in [2.05, 4.69) is 4.98 Å². The van der Waals surface area contributed by atoms with Crippen LogP contribution in [0.2, 0.25) is 0 Å². The van der Waals surface area contributed by atoms with Gasteiger partial charge in [0, 0.05) is 19.8 Å². The molecular weight excluding hydrogens is 213 g/mol. The van der Waals surface area contributed by atoms with Gasteiger partial charge in [-0.3, -0.25) is 0 Å². The van der Waals surface area contributed by atoms with Crippen molar-refractivity contribution in [3.05, 3.63) is 23.6 Å². The van der Waals surface area contributed by atoms with Crippen molar-refractivity contribution in [2.45, 2.75) is 6.42 Å². The van der Waals surface area contributed by atoms with Gasteiger partial charge in [0.25, 0.3) is 0 Å². The number of halogens is 1. The second-order valence-corrected chi connectivity index (χ2v) is 3.13. The van der Waals surface area contributed by atoms with Gasteiger partial charge in [-0.2, -0.15) is 5.26 Å². The van der Waals surface area contributed by atoms with Crippen molar-refractivity contribution < 1.29 is 14.3 Å². The Kier molecular flexibility index (Phi) is 3.78. The molecule has 0 fully saturated rings. The standard InChI is InChI=1S/C10H10FN3O2/c1-14(6-2-4-12)9-8(11)7(10(15)16)3-5-13-9/h3,5H,2,6H2,1H3,(H,15,16). The zero-order chi connectivity index (χ0) is 12.1. The van der Waals surface area contributed by atoms with Gasteiger partial charge in [-0.15, -0.1) is 0 Å². The summed E-state index contributed by atoms with van der Waals surface area (Å²) >= 11 is 0. The molecular formula is C10H10FN3O2. The summed E-state index contributed by atoms with van der Waals surface area (Å²) in [5.74, 6) is -2.28. The van der Waals surface area contributed by atoms with Crippen LogP contribution in [0.1, 0.15) is 16.8 Å². The van der Waals surface area contributed by atoms with E-state index in [0.29, 0.717) is 6.54 Å². The van der Waals surface area contributed by atoms with E-state index in [0.717, 1.165) is 6.07 Å². The summed E-state index contributed by atoms with van der Waals surface area (Å²) in [4.78, 5) is 15.8. The first-order valence-corrected chi connectivity index (χ1v) is 4.53. The van der Waals surface area contributed by atoms with Gasteiger partial charge in [-0.05, 0) is 6.07 Å². The lowest BCUT2D eigenvalue weighted by molar-refractivity contribution is 0.0692. The van der Waals surface area contributed by atoms with Crippen LogP contribution in [-0.4, -0.2) is 29.7 Å². The molecule has 1 aromatic heterocycles. The normalized spacial score (nSPS) is 9.56. The number of rotatable bonds is 4. The molecule has 1 rings (SSSR count). The average molecular weight is 223 g/mol. The molecule has 6 heteroatoms. The predicted molar refractivity (Wildman–Crippen MR) is 54.7 cm³/mol. The van der Waals surface area contributed by atoms with Crippen molar-refractivity contribution in [1.29, 1.82) is 5.26 Å². The van der Waals surface area contributed by atoms with E-state index < -0.39 is 17.3 Å². The lowest BCUT2D eigenvalue weighted by Crippen LogP contribution is -2.21. The number of carboxylic acid groups (broad SMARTS) is 1. The third-order valence-electron chi connectivity index (χ3n) is 2.02. The second kappa shape index (κ2) is 5.07. The molecule has 0 radical (unpaired) electrons. The summed E-state index contributed by atoms with van der Waals surface area (Å²) in [5, 5.41) is 17.1. The van der Waals surface area contributed by atoms with Gasteiger partial charge in [0.05, 0.1) is 12.5 Å². The molecule has 0 aliphatic rings. The number of carbonyl (C=O) groups is 1. The topological polar surface area (TPSA) is 77.2 Å². The quantitative estimate of drug-likeness (QED) is 0.831. The van der Waals surface area contributed by atoms with Crippen molar-refractivity contribution in [2.24, 2.45) is 0 Å². The Morgan fingerprint density at radius 1 is 1.75 bits per heavy atom. The third kappa shape index (κ3) is 2.45. The van der Waals surface area contributed by atoms with Crippen LogP contribution in [-0.2, 0) is 0 Å². The fraction of sp³-hybridized carbons (Fsp3) is 0.300. The maximum Gasteiger partial charge on any atom is 0.338 e. The molecule has 84 valence electrons. The zero-order valence-electron chi connectivity index (χ0n) is 8.64. The van der Waals surface area contributed by atoms with E-state index in [1.165, 1.54) is 11.1 Å². The van der Waals surface area contributed by atoms with Gasteiger partial charge in [-0.25, -0.2) is 14.2 Å². The second-order valence-electron chi connectivity index (χ2n) is 3.13. The number of aromatic nitrogens is 1. The van der Waals surface area contributed by atoms with Crippen LogP contribution in [0.3, 0.4) is 0 Å². The van der Waals surface area contributed by atoms with Crippen molar-refractivity contribution >= 4 is 11.8 Å². The monoisotopic (exact) mass is 223 g/mol. The van der Waals surface area contributed by atoms with Gasteiger partial charge >= 0.3 is 5.97 Å². The molecule has 0 aromatic carbocycles. The Labute approximate surface area is 91.7 Å². The Balaban J connectivity index is 3.01. The fourth-order valence-electron chi connectivity index (χ4n) is 1.19. The summed E-state index contributed by atoms with van der Waals surface area (Å²) in [6.45, 7) is 0.295. The van der Waals surface area contributed by atoms with Crippen LogP contribution < -0.4 is 4.90 Å². The number of carboxylic acids is 1. The highest BCUT2D eigenvalue weighted by Gasteiger charge is 2.17. The predicted octanol–water partition coefficient (Wildman–Crippen LogP) is 1.27. The SMILES string of the molecule is CN(CCC#N)c1nccc(C(=O)O)c1F. The number of nitriles is 1. The smallest absolute Gasteiger partial charge is 0.338 e. The van der Waals surface area contributed by atoms with Gasteiger partial charge in [0.1, 0.15) is 5.56 Å². The molecule has 0 saturated carbocycles. The lowest BCUT2D eigenvalue weighted by Gasteiger charge is -2.17. The summed E-state index contributed by atoms with van der Waals surface area (Å²) in [6, 6.07) is 3.01. The van der Waals surface area contributed by atoms with Crippen molar-refractivity contribution in [3.63, 3.8) is 0 Å². The van der Waals surface area contributed by atoms with Crippen LogP contribution in [0.4, 0.5) is 10.2 Å². The minimum atomic E-state index is -1.34. The zero-order valence-corrected chi connectivity index (χ0v) is 8.64. The highest BCUT2D eigenvalue weighted by molar-refractivity contribution is 5.88. The number of hydrogen-bond acceptors (Lipinski definition) is 4. The Bertz CT molecular complexity index is 442. The maximum absolute atomic E-state index is 13.6. The molecule has 0 aliphatic heterocycles. The number of nitrogens with zero attached hydrogens (tertiary/aromatic N) is 3. The first kappa shape index (κ1) is 11.9. The third-order valence-corrected chi connectivity index (χ3v) is 2.02. The largest absolute Gasteiger partial charge is 0.478 e. The molecule has 1 aromatic rings. The Morgan fingerprint density at radius 3 is 3.00 bits per heavy atom. The van der Waals surface area contributed by atoms with Crippen LogP contribution >= 0.6 is 0 Å². The number of hydrogen-bond donors (Lipinski definition) is 1. The van der Waals surface area contributed by atoms with E-state index in [9.17, 15) is 9.18 Å². The molecule has 1 N–H and O–H groups in total. The van der Waals surface area contributed by atoms with Crippen LogP contribution in [0.15, 0.2) is 12.3 Å². The first-order chi connectivity index (χ1) is 7.57. The molecule has 5 nitrogen and oxygen atoms in total. The summed E-state index contributed by atoms with van der Waals surface area (Å²) < 4.78 is 13.6. The molecule has 0 atom stereocenters. The molecule has 1 heterocycles. The van der Waals surface area contributed by atoms with E-state index in [1.54, 1.807) is 7.05 Å². The highest BCUT2D eigenvalue weighted by Crippen LogP contribution is 2.18. The van der Waals surface area contributed by atoms with Crippen LogP contribution in [0.5, 0.6) is 0 Å². The molecule has 16 heavy (non-hydrogen) atoms. The van der Waals surface area contributed by atoms with Crippen molar-refractivity contribution in [1.82, 2.24) is 4.98 Å². The highest BCUT2D eigenvalue weighted by atomic mass is 19.1. The minimum Gasteiger partial charge on any atom is -0.478 e. The van der Waals surface area contributed by atoms with Crippen LogP contribution in [0.25, 0.3) is 0 Å². The molecule has 0 aliphatic carbocycles. The number of aromatic carboxylic acids is 1. The maximum atomic E-state index is 13.6. The van der Waals surface area contributed by atoms with E-state index in [1.807, 2.05) is 6.07 Å². The van der Waals surface area contributed by atoms with E-state index in [4.69, 9.17) is 10.4 Å². The summed E-state index contributed by atoms with van der Waals surface area (Å²) in [6.07, 6.45) is 1.44. The van der Waals surface area contributed by atoms with E-state index in [-0.39, 0.29) is 12.2 Å². The van der Waals surface area contributed by atoms with Gasteiger partial charge in [0.15, 0.2) is 11.6 Å². The van der Waals surface area contributed by atoms with Gasteiger partial charge < -0.3 is 10.0 Å². The molecule has 0 amide bonds. The first-order valence-electron chi connectivity index (χ1n) is 4.53. The molecule has 0 saturated heterocycles. The van der Waals surface area contributed by atoms with Crippen molar-refractivity contribution in [3.8, 4) is 6.07 Å². The summed E-state index contributed by atoms with van der Waals surface area (Å²) in [5.41, 5.74) is -0.422. The lowest BCUT2D eigenvalue weighted by atomic mass is 10.2. The molecule has 0 unspecified atom stereocenters. The van der Waals surface area contributed by atoms with Gasteiger partial charge in [-0.1, -0.05) is 0 Å². The number of anilines is 1. The van der Waals surface area contributed by atoms with Gasteiger partial charge in [0.2, 0.25) is 0 Å². The van der Waals surface area contributed by atoms with Crippen molar-refractivity contribution in [2.75, 3.05) is 18.5 Å². The molecule has 0 spiro atoms. The molecule has 0 bridgehead atoms. The average Bonchev–Trinajstić information content (AvgIpc) is 2.25. The Morgan fingerprint density at radius 2 is 2.44 bits per heavy atom. The minimum absolute atomic E-state index is 0.0600.